The molecule has 4 aromatic rings. The highest BCUT2D eigenvalue weighted by atomic mass is 32.2. The number of anilines is 1. The lowest BCUT2D eigenvalue weighted by atomic mass is 9.96. The molecule has 5 rings (SSSR count). The molecule has 0 saturated carbocycles. The first-order chi connectivity index (χ1) is 13.7. The number of rotatable bonds is 2. The van der Waals surface area contributed by atoms with Gasteiger partial charge in [-0.15, -0.1) is 11.8 Å². The molecule has 0 bridgehead atoms. The van der Waals surface area contributed by atoms with Crippen molar-refractivity contribution < 1.29 is 4.79 Å². The topological polar surface area (TPSA) is 34.0 Å². The molecule has 1 aliphatic rings. The normalized spacial score (nSPS) is 16.8. The molecule has 140 valence electrons. The summed E-state index contributed by atoms with van der Waals surface area (Å²) in [7, 11) is 0. The monoisotopic (exact) mass is 386 g/mol. The van der Waals surface area contributed by atoms with Crippen molar-refractivity contribution in [1.29, 1.82) is 0 Å². The Hall–Kier alpha value is -2.72. The van der Waals surface area contributed by atoms with E-state index < -0.39 is 0 Å². The minimum atomic E-state index is 0.0689. The zero-order valence-electron chi connectivity index (χ0n) is 16.0. The Morgan fingerprint density at radius 2 is 1.82 bits per heavy atom. The third-order valence-corrected chi connectivity index (χ3v) is 6.86. The number of amides is 1. The van der Waals surface area contributed by atoms with Crippen LogP contribution in [-0.2, 0) is 11.3 Å². The Kier molecular flexibility index (Phi) is 4.17. The van der Waals surface area contributed by atoms with Gasteiger partial charge in [-0.3, -0.25) is 4.79 Å². The first kappa shape index (κ1) is 17.4. The molecular formula is C24H22N2OS. The second-order valence-corrected chi connectivity index (χ2v) is 8.43. The Bertz CT molecular complexity index is 1210. The molecular weight excluding hydrogens is 364 g/mol. The van der Waals surface area contributed by atoms with Crippen molar-refractivity contribution in [2.75, 3.05) is 11.1 Å². The number of fused-ring (bicyclic) bond motifs is 5. The van der Waals surface area contributed by atoms with Gasteiger partial charge in [0.1, 0.15) is 0 Å². The predicted octanol–water partition coefficient (Wildman–Crippen LogP) is 5.90. The van der Waals surface area contributed by atoms with Crippen molar-refractivity contribution in [1.82, 2.24) is 4.57 Å². The zero-order chi connectivity index (χ0) is 19.3. The van der Waals surface area contributed by atoms with Crippen LogP contribution in [0.1, 0.15) is 28.9 Å². The number of nitrogens with zero attached hydrogens (tertiary/aromatic N) is 1. The van der Waals surface area contributed by atoms with Gasteiger partial charge >= 0.3 is 0 Å². The largest absolute Gasteiger partial charge is 0.341 e. The first-order valence-electron chi connectivity index (χ1n) is 9.69. The first-order valence-corrected chi connectivity index (χ1v) is 10.7. The predicted molar refractivity (Wildman–Crippen MR) is 119 cm³/mol. The van der Waals surface area contributed by atoms with Gasteiger partial charge in [0.05, 0.1) is 11.0 Å². The van der Waals surface area contributed by atoms with Crippen LogP contribution in [0.3, 0.4) is 0 Å². The van der Waals surface area contributed by atoms with Gasteiger partial charge in [0, 0.05) is 39.6 Å². The summed E-state index contributed by atoms with van der Waals surface area (Å²) in [5.74, 6) is 0.528. The van der Waals surface area contributed by atoms with E-state index in [1.807, 2.05) is 0 Å². The van der Waals surface area contributed by atoms with Crippen LogP contribution in [0.4, 0.5) is 5.69 Å². The summed E-state index contributed by atoms with van der Waals surface area (Å²) in [6, 6.07) is 21.5. The number of para-hydroxylation sites is 1. The Balaban J connectivity index is 1.88. The Labute approximate surface area is 168 Å². The van der Waals surface area contributed by atoms with Crippen molar-refractivity contribution in [2.45, 2.75) is 25.6 Å². The second-order valence-electron chi connectivity index (χ2n) is 7.33. The quantitative estimate of drug-likeness (QED) is 0.465. The zero-order valence-corrected chi connectivity index (χ0v) is 16.8. The van der Waals surface area contributed by atoms with E-state index in [1.54, 1.807) is 11.8 Å². The molecule has 1 aromatic heterocycles. The smallest absolute Gasteiger partial charge is 0.234 e. The number of nitrogens with one attached hydrogen (secondary N) is 1. The molecule has 1 amide bonds. The van der Waals surface area contributed by atoms with Crippen molar-refractivity contribution in [3.8, 4) is 0 Å². The van der Waals surface area contributed by atoms with Gasteiger partial charge < -0.3 is 9.88 Å². The summed E-state index contributed by atoms with van der Waals surface area (Å²) in [4.78, 5) is 12.4. The molecule has 0 fully saturated rings. The van der Waals surface area contributed by atoms with Crippen molar-refractivity contribution in [2.24, 2.45) is 0 Å². The van der Waals surface area contributed by atoms with Crippen molar-refractivity contribution >= 4 is 45.2 Å². The van der Waals surface area contributed by atoms with E-state index in [0.717, 1.165) is 12.2 Å². The lowest BCUT2D eigenvalue weighted by Crippen LogP contribution is -2.12. The van der Waals surface area contributed by atoms with Gasteiger partial charge in [-0.05, 0) is 37.6 Å². The summed E-state index contributed by atoms with van der Waals surface area (Å²) < 4.78 is 2.37. The fourth-order valence-electron chi connectivity index (χ4n) is 4.32. The van der Waals surface area contributed by atoms with Crippen LogP contribution < -0.4 is 5.32 Å². The van der Waals surface area contributed by atoms with Gasteiger partial charge in [0.25, 0.3) is 0 Å². The highest BCUT2D eigenvalue weighted by molar-refractivity contribution is 8.00. The Morgan fingerprint density at radius 1 is 1.04 bits per heavy atom. The molecule has 3 nitrogen and oxygen atoms in total. The molecule has 0 spiro atoms. The van der Waals surface area contributed by atoms with Gasteiger partial charge in [0.2, 0.25) is 5.91 Å². The van der Waals surface area contributed by atoms with Crippen LogP contribution in [0.15, 0.2) is 60.7 Å². The summed E-state index contributed by atoms with van der Waals surface area (Å²) in [6.07, 6.45) is 0. The molecule has 1 aliphatic heterocycles. The van der Waals surface area contributed by atoms with Gasteiger partial charge in [-0.2, -0.15) is 0 Å². The minimum absolute atomic E-state index is 0.0689. The average Bonchev–Trinajstić information content (AvgIpc) is 2.93. The molecule has 3 aromatic carbocycles. The number of aryl methyl sites for hydroxylation is 2. The standard InChI is InChI=1S/C24H22N2OS/c1-3-26-19-7-5-4-6-17(19)22-20(26)13-12-18-23(22)24(28-14-21(27)25-18)16-10-8-15(2)9-11-16/h4-13,24H,3,14H2,1-2H3,(H,25,27). The molecule has 1 unspecified atom stereocenters. The third kappa shape index (κ3) is 2.63. The van der Waals surface area contributed by atoms with Gasteiger partial charge in [-0.1, -0.05) is 48.0 Å². The maximum absolute atomic E-state index is 12.4. The number of aromatic nitrogens is 1. The fraction of sp³-hybridized carbons (Fsp3) is 0.208. The number of hydrogen-bond acceptors (Lipinski definition) is 2. The van der Waals surface area contributed by atoms with Crippen LogP contribution in [0.25, 0.3) is 21.8 Å². The second kappa shape index (κ2) is 6.71. The van der Waals surface area contributed by atoms with E-state index in [2.05, 4.69) is 84.4 Å². The SMILES string of the molecule is CCn1c2ccccc2c2c3c(ccc21)NC(=O)CSC3c1ccc(C)cc1. The molecule has 0 aliphatic carbocycles. The van der Waals surface area contributed by atoms with E-state index in [4.69, 9.17) is 0 Å². The summed E-state index contributed by atoms with van der Waals surface area (Å²) in [5, 5.41) is 5.78. The minimum Gasteiger partial charge on any atom is -0.341 e. The van der Waals surface area contributed by atoms with Crippen molar-refractivity contribution in [3.63, 3.8) is 0 Å². The van der Waals surface area contributed by atoms with E-state index in [9.17, 15) is 4.79 Å². The summed E-state index contributed by atoms with van der Waals surface area (Å²) >= 11 is 1.71. The molecule has 2 heterocycles. The van der Waals surface area contributed by atoms with Crippen LogP contribution in [0.5, 0.6) is 0 Å². The maximum Gasteiger partial charge on any atom is 0.234 e. The number of benzene rings is 3. The number of carbonyl (C=O) groups is 1. The van der Waals surface area contributed by atoms with Crippen LogP contribution in [0, 0.1) is 6.92 Å². The fourth-order valence-corrected chi connectivity index (χ4v) is 5.47. The maximum atomic E-state index is 12.4. The number of carbonyl (C=O) groups excluding carboxylic acids is 1. The highest BCUT2D eigenvalue weighted by Gasteiger charge is 2.28. The van der Waals surface area contributed by atoms with E-state index in [1.165, 1.54) is 38.5 Å². The molecule has 28 heavy (non-hydrogen) atoms. The number of thioether (sulfide) groups is 1. The molecule has 0 radical (unpaired) electrons. The van der Waals surface area contributed by atoms with Crippen LogP contribution >= 0.6 is 11.8 Å². The highest BCUT2D eigenvalue weighted by Crippen LogP contribution is 2.47. The summed E-state index contributed by atoms with van der Waals surface area (Å²) in [6.45, 7) is 5.21. The molecule has 1 atom stereocenters. The van der Waals surface area contributed by atoms with Gasteiger partial charge in [0.15, 0.2) is 0 Å². The van der Waals surface area contributed by atoms with Gasteiger partial charge in [-0.25, -0.2) is 0 Å². The lowest BCUT2D eigenvalue weighted by molar-refractivity contribution is -0.113. The number of hydrogen-bond donors (Lipinski definition) is 1. The van der Waals surface area contributed by atoms with E-state index >= 15 is 0 Å². The van der Waals surface area contributed by atoms with Crippen LogP contribution in [-0.4, -0.2) is 16.2 Å². The molecule has 0 saturated heterocycles. The average molecular weight is 387 g/mol. The van der Waals surface area contributed by atoms with E-state index in [-0.39, 0.29) is 11.2 Å². The van der Waals surface area contributed by atoms with E-state index in [0.29, 0.717) is 5.75 Å². The van der Waals surface area contributed by atoms with Crippen LogP contribution in [0.2, 0.25) is 0 Å². The Morgan fingerprint density at radius 3 is 2.61 bits per heavy atom. The summed E-state index contributed by atoms with van der Waals surface area (Å²) in [5.41, 5.74) is 7.13. The van der Waals surface area contributed by atoms with Crippen molar-refractivity contribution in [3.05, 3.63) is 77.4 Å². The molecule has 4 heteroatoms. The third-order valence-electron chi connectivity index (χ3n) is 5.59. The molecule has 1 N–H and O–H groups in total. The lowest BCUT2D eigenvalue weighted by Gasteiger charge is -2.19.